The van der Waals surface area contributed by atoms with E-state index in [4.69, 9.17) is 15.8 Å². The predicted molar refractivity (Wildman–Crippen MR) is 137 cm³/mol. The third kappa shape index (κ3) is 5.03. The van der Waals surface area contributed by atoms with Gasteiger partial charge in [-0.1, -0.05) is 62.4 Å². The summed E-state index contributed by atoms with van der Waals surface area (Å²) in [4.78, 5) is 5.06. The molecule has 1 atom stereocenters. The van der Waals surface area contributed by atoms with Gasteiger partial charge in [-0.25, -0.2) is 14.8 Å². The van der Waals surface area contributed by atoms with Crippen LogP contribution >= 0.6 is 0 Å². The van der Waals surface area contributed by atoms with Gasteiger partial charge in [0.1, 0.15) is 5.82 Å². The molecule has 35 heavy (non-hydrogen) atoms. The number of aromatic amines is 1. The SMILES string of the molecule is CCC(C)c1nc(C2CCC(CN)CC2)n(Cc2ccc(-c3ccccc3-c3nnn[nH]3)cc2)n1. The molecule has 0 amide bonds. The van der Waals surface area contributed by atoms with Crippen LogP contribution in [0.5, 0.6) is 0 Å². The Hall–Kier alpha value is -3.39. The van der Waals surface area contributed by atoms with Gasteiger partial charge in [0.15, 0.2) is 11.6 Å². The number of nitrogens with one attached hydrogen (secondary N) is 1. The Balaban J connectivity index is 1.40. The first-order chi connectivity index (χ1) is 17.2. The number of rotatable bonds is 8. The van der Waals surface area contributed by atoms with Crippen LogP contribution in [0.2, 0.25) is 0 Å². The second kappa shape index (κ2) is 10.5. The van der Waals surface area contributed by atoms with Crippen LogP contribution in [0.4, 0.5) is 0 Å². The summed E-state index contributed by atoms with van der Waals surface area (Å²) < 4.78 is 2.15. The number of tetrazole rings is 1. The van der Waals surface area contributed by atoms with Crippen molar-refractivity contribution in [1.82, 2.24) is 35.4 Å². The van der Waals surface area contributed by atoms with Crippen LogP contribution in [-0.4, -0.2) is 41.9 Å². The van der Waals surface area contributed by atoms with Crippen molar-refractivity contribution >= 4 is 0 Å². The van der Waals surface area contributed by atoms with E-state index >= 15 is 0 Å². The Bertz CT molecular complexity index is 1220. The highest BCUT2D eigenvalue weighted by Gasteiger charge is 2.27. The van der Waals surface area contributed by atoms with Crippen molar-refractivity contribution in [3.05, 3.63) is 65.7 Å². The molecule has 1 fully saturated rings. The largest absolute Gasteiger partial charge is 0.330 e. The average molecular weight is 471 g/mol. The number of hydrogen-bond acceptors (Lipinski definition) is 6. The number of hydrogen-bond donors (Lipinski definition) is 2. The van der Waals surface area contributed by atoms with Gasteiger partial charge >= 0.3 is 0 Å². The summed E-state index contributed by atoms with van der Waals surface area (Å²) in [5.74, 6) is 4.25. The molecule has 2 aromatic heterocycles. The molecular formula is C27H34N8. The molecule has 4 aromatic rings. The molecule has 1 unspecified atom stereocenters. The first-order valence-electron chi connectivity index (χ1n) is 12.7. The van der Waals surface area contributed by atoms with Gasteiger partial charge in [0.2, 0.25) is 0 Å². The molecular weight excluding hydrogens is 436 g/mol. The molecule has 0 saturated heterocycles. The summed E-state index contributed by atoms with van der Waals surface area (Å²) in [6, 6.07) is 16.9. The van der Waals surface area contributed by atoms with E-state index in [2.05, 4.69) is 69.5 Å². The molecule has 0 bridgehead atoms. The van der Waals surface area contributed by atoms with Crippen LogP contribution < -0.4 is 5.73 Å². The molecule has 0 spiro atoms. The van der Waals surface area contributed by atoms with Crippen molar-refractivity contribution in [1.29, 1.82) is 0 Å². The van der Waals surface area contributed by atoms with Crippen LogP contribution in [0.25, 0.3) is 22.5 Å². The molecule has 8 nitrogen and oxygen atoms in total. The molecule has 182 valence electrons. The van der Waals surface area contributed by atoms with E-state index in [1.165, 1.54) is 18.4 Å². The quantitative estimate of drug-likeness (QED) is 0.378. The summed E-state index contributed by atoms with van der Waals surface area (Å²) in [5, 5.41) is 19.4. The van der Waals surface area contributed by atoms with Crippen LogP contribution in [-0.2, 0) is 6.54 Å². The maximum atomic E-state index is 5.93. The Morgan fingerprint density at radius 2 is 1.77 bits per heavy atom. The van der Waals surface area contributed by atoms with Crippen molar-refractivity contribution in [3.8, 4) is 22.5 Å². The van der Waals surface area contributed by atoms with Gasteiger partial charge in [-0.3, -0.25) is 0 Å². The van der Waals surface area contributed by atoms with E-state index in [1.54, 1.807) is 0 Å². The zero-order chi connectivity index (χ0) is 24.2. The van der Waals surface area contributed by atoms with E-state index in [-0.39, 0.29) is 0 Å². The molecule has 0 radical (unpaired) electrons. The number of aromatic nitrogens is 7. The van der Waals surface area contributed by atoms with Crippen LogP contribution in [0.15, 0.2) is 48.5 Å². The summed E-state index contributed by atoms with van der Waals surface area (Å²) in [6.45, 7) is 5.93. The van der Waals surface area contributed by atoms with Crippen LogP contribution in [0, 0.1) is 5.92 Å². The Labute approximate surface area is 206 Å². The molecule has 3 N–H and O–H groups in total. The Kier molecular flexibility index (Phi) is 6.99. The predicted octanol–water partition coefficient (Wildman–Crippen LogP) is 4.92. The fraction of sp³-hybridized carbons (Fsp3) is 0.444. The molecule has 1 saturated carbocycles. The highest BCUT2D eigenvalue weighted by Crippen LogP contribution is 2.36. The molecule has 2 aromatic carbocycles. The van der Waals surface area contributed by atoms with Crippen molar-refractivity contribution in [2.24, 2.45) is 11.7 Å². The van der Waals surface area contributed by atoms with E-state index in [1.807, 2.05) is 18.2 Å². The summed E-state index contributed by atoms with van der Waals surface area (Å²) in [7, 11) is 0. The number of nitrogens with zero attached hydrogens (tertiary/aromatic N) is 6. The van der Waals surface area contributed by atoms with E-state index < -0.39 is 0 Å². The second-order valence-corrected chi connectivity index (χ2v) is 9.74. The standard InChI is InChI=1S/C27H34N8/c1-3-18(2)25-29-27(22-14-8-19(16-28)9-15-22)35(32-25)17-20-10-12-21(13-11-20)23-6-4-5-7-24(23)26-30-33-34-31-26/h4-7,10-13,18-19,22H,3,8-9,14-17,28H2,1-2H3,(H,30,31,33,34). The lowest BCUT2D eigenvalue weighted by atomic mass is 9.81. The summed E-state index contributed by atoms with van der Waals surface area (Å²) in [5.41, 5.74) is 10.3. The normalized spacial score (nSPS) is 19.1. The minimum absolute atomic E-state index is 0.361. The van der Waals surface area contributed by atoms with Gasteiger partial charge < -0.3 is 5.73 Å². The zero-order valence-corrected chi connectivity index (χ0v) is 20.6. The summed E-state index contributed by atoms with van der Waals surface area (Å²) in [6.07, 6.45) is 5.70. The van der Waals surface area contributed by atoms with Crippen molar-refractivity contribution in [2.75, 3.05) is 6.54 Å². The smallest absolute Gasteiger partial charge is 0.180 e. The lowest BCUT2D eigenvalue weighted by molar-refractivity contribution is 0.319. The van der Waals surface area contributed by atoms with Crippen molar-refractivity contribution in [2.45, 2.75) is 64.3 Å². The zero-order valence-electron chi connectivity index (χ0n) is 20.6. The third-order valence-electron chi connectivity index (χ3n) is 7.44. The maximum Gasteiger partial charge on any atom is 0.180 e. The molecule has 1 aliphatic rings. The van der Waals surface area contributed by atoms with Gasteiger partial charge in [0.05, 0.1) is 6.54 Å². The molecule has 1 aliphatic carbocycles. The summed E-state index contributed by atoms with van der Waals surface area (Å²) >= 11 is 0. The van der Waals surface area contributed by atoms with Crippen LogP contribution in [0.3, 0.4) is 0 Å². The molecule has 5 rings (SSSR count). The maximum absolute atomic E-state index is 5.93. The van der Waals surface area contributed by atoms with Gasteiger partial charge in [-0.05, 0) is 71.7 Å². The van der Waals surface area contributed by atoms with Crippen LogP contribution in [0.1, 0.15) is 75.0 Å². The lowest BCUT2D eigenvalue weighted by Crippen LogP contribution is -2.22. The minimum atomic E-state index is 0.361. The Morgan fingerprint density at radius 1 is 1.03 bits per heavy atom. The fourth-order valence-electron chi connectivity index (χ4n) is 5.02. The van der Waals surface area contributed by atoms with Gasteiger partial charge in [0.25, 0.3) is 0 Å². The number of H-pyrrole nitrogens is 1. The average Bonchev–Trinajstić information content (AvgIpc) is 3.60. The number of nitrogens with two attached hydrogens (primary N) is 1. The highest BCUT2D eigenvalue weighted by molar-refractivity contribution is 5.80. The topological polar surface area (TPSA) is 111 Å². The van der Waals surface area contributed by atoms with E-state index in [9.17, 15) is 0 Å². The minimum Gasteiger partial charge on any atom is -0.330 e. The highest BCUT2D eigenvalue weighted by atomic mass is 15.5. The monoisotopic (exact) mass is 470 g/mol. The van der Waals surface area contributed by atoms with Crippen molar-refractivity contribution < 1.29 is 0 Å². The van der Waals surface area contributed by atoms with Gasteiger partial charge in [-0.15, -0.1) is 5.10 Å². The van der Waals surface area contributed by atoms with Crippen molar-refractivity contribution in [3.63, 3.8) is 0 Å². The van der Waals surface area contributed by atoms with Gasteiger partial charge in [0, 0.05) is 17.4 Å². The lowest BCUT2D eigenvalue weighted by Gasteiger charge is -2.27. The van der Waals surface area contributed by atoms with Gasteiger partial charge in [-0.2, -0.15) is 5.10 Å². The first-order valence-corrected chi connectivity index (χ1v) is 12.7. The second-order valence-electron chi connectivity index (χ2n) is 9.74. The third-order valence-corrected chi connectivity index (χ3v) is 7.44. The number of benzene rings is 2. The van der Waals surface area contributed by atoms with E-state index in [0.29, 0.717) is 23.6 Å². The molecule has 8 heteroatoms. The first kappa shape index (κ1) is 23.4. The van der Waals surface area contributed by atoms with E-state index in [0.717, 1.165) is 60.7 Å². The Morgan fingerprint density at radius 3 is 2.43 bits per heavy atom. The molecule has 2 heterocycles. The molecule has 0 aliphatic heterocycles. The fourth-order valence-corrected chi connectivity index (χ4v) is 5.02.